The normalized spacial score (nSPS) is 13.8. The van der Waals surface area contributed by atoms with Crippen molar-refractivity contribution in [3.8, 4) is 5.75 Å². The molecule has 1 aliphatic rings. The zero-order chi connectivity index (χ0) is 22.7. The van der Waals surface area contributed by atoms with E-state index in [1.165, 1.54) is 24.1 Å². The van der Waals surface area contributed by atoms with Crippen LogP contribution in [0.1, 0.15) is 54.7 Å². The number of allylic oxidation sites excluding steroid dienone is 1. The predicted molar refractivity (Wildman–Crippen MR) is 126 cm³/mol. The molecule has 0 bridgehead atoms. The first-order chi connectivity index (χ1) is 15.5. The quantitative estimate of drug-likeness (QED) is 0.469. The maximum absolute atomic E-state index is 13.0. The van der Waals surface area contributed by atoms with Gasteiger partial charge in [-0.3, -0.25) is 4.79 Å². The van der Waals surface area contributed by atoms with Gasteiger partial charge in [-0.05, 0) is 75.8 Å². The SMILES string of the molecule is CCOc1c(/C(C)=C/C(=O)NCCc2ccc(F)cc2)cc2c3c(oc2c1C)CCCC3. The number of ether oxygens (including phenoxy) is 1. The summed E-state index contributed by atoms with van der Waals surface area (Å²) >= 11 is 0. The van der Waals surface area contributed by atoms with Gasteiger partial charge in [0.2, 0.25) is 5.91 Å². The van der Waals surface area contributed by atoms with Crippen molar-refractivity contribution in [2.75, 3.05) is 13.2 Å². The highest BCUT2D eigenvalue weighted by atomic mass is 19.1. The van der Waals surface area contributed by atoms with Gasteiger partial charge in [0, 0.05) is 41.1 Å². The number of nitrogens with one attached hydrogen (secondary N) is 1. The molecule has 0 radical (unpaired) electrons. The lowest BCUT2D eigenvalue weighted by Crippen LogP contribution is -2.23. The summed E-state index contributed by atoms with van der Waals surface area (Å²) in [5.74, 6) is 1.46. The van der Waals surface area contributed by atoms with Crippen LogP contribution in [0.15, 0.2) is 40.8 Å². The minimum Gasteiger partial charge on any atom is -0.493 e. The fourth-order valence-electron chi connectivity index (χ4n) is 4.47. The highest BCUT2D eigenvalue weighted by Gasteiger charge is 2.23. The molecule has 0 aliphatic heterocycles. The number of hydrogen-bond donors (Lipinski definition) is 1. The molecule has 0 atom stereocenters. The minimum atomic E-state index is -0.257. The van der Waals surface area contributed by atoms with Crippen molar-refractivity contribution >= 4 is 22.4 Å². The highest BCUT2D eigenvalue weighted by molar-refractivity contribution is 5.98. The molecule has 2 aromatic carbocycles. The van der Waals surface area contributed by atoms with Crippen LogP contribution in [0, 0.1) is 12.7 Å². The molecule has 4 nitrogen and oxygen atoms in total. The van der Waals surface area contributed by atoms with Gasteiger partial charge in [0.1, 0.15) is 22.9 Å². The van der Waals surface area contributed by atoms with Crippen molar-refractivity contribution in [1.82, 2.24) is 5.32 Å². The van der Waals surface area contributed by atoms with E-state index in [2.05, 4.69) is 11.4 Å². The Balaban J connectivity index is 1.57. The van der Waals surface area contributed by atoms with Crippen molar-refractivity contribution in [2.24, 2.45) is 0 Å². The Morgan fingerprint density at radius 2 is 1.97 bits per heavy atom. The van der Waals surface area contributed by atoms with Crippen LogP contribution in [0.4, 0.5) is 4.39 Å². The van der Waals surface area contributed by atoms with Crippen LogP contribution in [0.25, 0.3) is 16.5 Å². The molecule has 0 saturated carbocycles. The van der Waals surface area contributed by atoms with Gasteiger partial charge in [-0.1, -0.05) is 12.1 Å². The first kappa shape index (κ1) is 22.1. The van der Waals surface area contributed by atoms with Gasteiger partial charge in [-0.2, -0.15) is 0 Å². The predicted octanol–water partition coefficient (Wildman–Crippen LogP) is 5.92. The van der Waals surface area contributed by atoms with E-state index in [-0.39, 0.29) is 11.7 Å². The molecule has 1 aromatic heterocycles. The number of rotatable bonds is 7. The average Bonchev–Trinajstić information content (AvgIpc) is 3.16. The molecular weight excluding hydrogens is 405 g/mol. The number of benzene rings is 2. The molecule has 0 fully saturated rings. The monoisotopic (exact) mass is 435 g/mol. The van der Waals surface area contributed by atoms with Crippen LogP contribution in [0.2, 0.25) is 0 Å². The number of amides is 1. The lowest BCUT2D eigenvalue weighted by Gasteiger charge is -2.15. The zero-order valence-electron chi connectivity index (χ0n) is 19.0. The third kappa shape index (κ3) is 4.57. The topological polar surface area (TPSA) is 51.5 Å². The van der Waals surface area contributed by atoms with Crippen molar-refractivity contribution < 1.29 is 18.3 Å². The van der Waals surface area contributed by atoms with E-state index in [0.29, 0.717) is 19.6 Å². The summed E-state index contributed by atoms with van der Waals surface area (Å²) in [7, 11) is 0. The van der Waals surface area contributed by atoms with Gasteiger partial charge >= 0.3 is 0 Å². The molecule has 0 spiro atoms. The third-order valence-corrected chi connectivity index (χ3v) is 6.11. The van der Waals surface area contributed by atoms with E-state index in [0.717, 1.165) is 64.0 Å². The number of hydrogen-bond acceptors (Lipinski definition) is 3. The Morgan fingerprint density at radius 1 is 1.22 bits per heavy atom. The van der Waals surface area contributed by atoms with Crippen LogP contribution in [0.5, 0.6) is 5.75 Å². The van der Waals surface area contributed by atoms with E-state index in [1.807, 2.05) is 20.8 Å². The third-order valence-electron chi connectivity index (χ3n) is 6.11. The van der Waals surface area contributed by atoms with Crippen LogP contribution in [-0.4, -0.2) is 19.1 Å². The Morgan fingerprint density at radius 3 is 2.72 bits per heavy atom. The van der Waals surface area contributed by atoms with Crippen molar-refractivity contribution in [2.45, 2.75) is 52.9 Å². The molecule has 1 aliphatic carbocycles. The second kappa shape index (κ2) is 9.60. The first-order valence-electron chi connectivity index (χ1n) is 11.4. The smallest absolute Gasteiger partial charge is 0.244 e. The maximum Gasteiger partial charge on any atom is 0.244 e. The van der Waals surface area contributed by atoms with E-state index >= 15 is 0 Å². The maximum atomic E-state index is 13.0. The van der Waals surface area contributed by atoms with Gasteiger partial charge < -0.3 is 14.5 Å². The van der Waals surface area contributed by atoms with E-state index in [4.69, 9.17) is 9.15 Å². The van der Waals surface area contributed by atoms with Gasteiger partial charge in [0.05, 0.1) is 6.61 Å². The summed E-state index contributed by atoms with van der Waals surface area (Å²) < 4.78 is 25.3. The summed E-state index contributed by atoms with van der Waals surface area (Å²) in [6.45, 7) is 6.95. The Kier molecular flexibility index (Phi) is 6.63. The van der Waals surface area contributed by atoms with Crippen LogP contribution in [-0.2, 0) is 24.1 Å². The Labute approximate surface area is 188 Å². The molecule has 1 amide bonds. The summed E-state index contributed by atoms with van der Waals surface area (Å²) in [5.41, 5.74) is 5.95. The number of halogens is 1. The molecule has 0 unspecified atom stereocenters. The van der Waals surface area contributed by atoms with Crippen LogP contribution in [0.3, 0.4) is 0 Å². The molecule has 32 heavy (non-hydrogen) atoms. The second-order valence-electron chi connectivity index (χ2n) is 8.39. The van der Waals surface area contributed by atoms with Crippen molar-refractivity contribution in [3.05, 3.63) is 70.2 Å². The van der Waals surface area contributed by atoms with Gasteiger partial charge in [-0.15, -0.1) is 0 Å². The number of carbonyl (C=O) groups excluding carboxylic acids is 1. The average molecular weight is 436 g/mol. The van der Waals surface area contributed by atoms with E-state index in [9.17, 15) is 9.18 Å². The molecule has 0 saturated heterocycles. The molecule has 1 heterocycles. The van der Waals surface area contributed by atoms with Crippen LogP contribution < -0.4 is 10.1 Å². The largest absolute Gasteiger partial charge is 0.493 e. The lowest BCUT2D eigenvalue weighted by atomic mass is 9.93. The fraction of sp³-hybridized carbons (Fsp3) is 0.370. The number of fused-ring (bicyclic) bond motifs is 3. The van der Waals surface area contributed by atoms with Gasteiger partial charge in [0.25, 0.3) is 0 Å². The van der Waals surface area contributed by atoms with Gasteiger partial charge in [0.15, 0.2) is 0 Å². The molecule has 5 heteroatoms. The van der Waals surface area contributed by atoms with Crippen molar-refractivity contribution in [1.29, 1.82) is 0 Å². The fourth-order valence-corrected chi connectivity index (χ4v) is 4.47. The van der Waals surface area contributed by atoms with Crippen molar-refractivity contribution in [3.63, 3.8) is 0 Å². The summed E-state index contributed by atoms with van der Waals surface area (Å²) in [6, 6.07) is 8.47. The van der Waals surface area contributed by atoms with Crippen LogP contribution >= 0.6 is 0 Å². The molecule has 1 N–H and O–H groups in total. The molecule has 168 valence electrons. The molecular formula is C27H30FNO3. The molecule has 4 rings (SSSR count). The molecule has 3 aromatic rings. The zero-order valence-corrected chi connectivity index (χ0v) is 19.0. The summed E-state index contributed by atoms with van der Waals surface area (Å²) in [5, 5.41) is 4.07. The summed E-state index contributed by atoms with van der Waals surface area (Å²) in [4.78, 5) is 12.6. The Hall–Kier alpha value is -3.08. The number of aryl methyl sites for hydroxylation is 3. The number of furan rings is 1. The van der Waals surface area contributed by atoms with Gasteiger partial charge in [-0.25, -0.2) is 4.39 Å². The van der Waals surface area contributed by atoms with E-state index in [1.54, 1.807) is 18.2 Å². The summed E-state index contributed by atoms with van der Waals surface area (Å²) in [6.07, 6.45) is 6.62. The first-order valence-corrected chi connectivity index (χ1v) is 11.4. The second-order valence-corrected chi connectivity index (χ2v) is 8.39. The standard InChI is InChI=1S/C27H30FNO3/c1-4-31-26-18(3)27-23(21-7-5-6-8-24(21)32-27)16-22(26)17(2)15-25(30)29-14-13-19-9-11-20(28)12-10-19/h9-12,15-16H,4-8,13-14H2,1-3H3,(H,29,30)/b17-15+. The Bertz CT molecular complexity index is 1160. The van der Waals surface area contributed by atoms with E-state index < -0.39 is 0 Å². The lowest BCUT2D eigenvalue weighted by molar-refractivity contribution is -0.116. The minimum absolute atomic E-state index is 0.154. The number of carbonyl (C=O) groups is 1. The highest BCUT2D eigenvalue weighted by Crippen LogP contribution is 2.41.